The zero-order valence-electron chi connectivity index (χ0n) is 13.6. The fourth-order valence-electron chi connectivity index (χ4n) is 4.20. The maximum absolute atomic E-state index is 13.2. The summed E-state index contributed by atoms with van der Waals surface area (Å²) >= 11 is 0. The Morgan fingerprint density at radius 1 is 1.19 bits per heavy atom. The Morgan fingerprint density at radius 2 is 1.81 bits per heavy atom. The summed E-state index contributed by atoms with van der Waals surface area (Å²) in [7, 11) is 0. The second kappa shape index (κ2) is 4.99. The summed E-state index contributed by atoms with van der Waals surface area (Å²) in [5, 5.41) is 3.14. The Balaban J connectivity index is 1.96. The largest absolute Gasteiger partial charge is 0.340 e. The van der Waals surface area contributed by atoms with Crippen LogP contribution in [0.3, 0.4) is 0 Å². The van der Waals surface area contributed by atoms with Gasteiger partial charge < -0.3 is 10.2 Å². The van der Waals surface area contributed by atoms with Gasteiger partial charge in [0.15, 0.2) is 0 Å². The third kappa shape index (κ3) is 2.27. The molecule has 4 nitrogen and oxygen atoms in total. The number of piperazine rings is 1. The van der Waals surface area contributed by atoms with Gasteiger partial charge in [-0.05, 0) is 44.4 Å². The average molecular weight is 292 g/mol. The van der Waals surface area contributed by atoms with Crippen molar-refractivity contribution < 1.29 is 9.59 Å². The highest BCUT2D eigenvalue weighted by atomic mass is 16.2. The minimum atomic E-state index is -0.658. The fraction of sp³-hybridized carbons (Fsp3) is 0.882. The van der Waals surface area contributed by atoms with Crippen molar-refractivity contribution in [1.82, 2.24) is 10.2 Å². The van der Waals surface area contributed by atoms with Crippen LogP contribution in [0, 0.1) is 11.8 Å². The zero-order chi connectivity index (χ0) is 15.3. The molecule has 2 amide bonds. The lowest BCUT2D eigenvalue weighted by atomic mass is 9.74. The second-order valence-electron chi connectivity index (χ2n) is 7.83. The molecule has 1 saturated heterocycles. The Labute approximate surface area is 127 Å². The van der Waals surface area contributed by atoms with Gasteiger partial charge >= 0.3 is 0 Å². The molecule has 2 aliphatic carbocycles. The van der Waals surface area contributed by atoms with Crippen LogP contribution in [0.1, 0.15) is 65.7 Å². The van der Waals surface area contributed by atoms with E-state index in [1.807, 2.05) is 11.8 Å². The zero-order valence-corrected chi connectivity index (χ0v) is 13.6. The molecule has 1 spiro atoms. The molecule has 1 atom stereocenters. The highest BCUT2D eigenvalue weighted by molar-refractivity contribution is 6.02. The lowest BCUT2D eigenvalue weighted by Gasteiger charge is -2.54. The number of hydrogen-bond acceptors (Lipinski definition) is 2. The minimum absolute atomic E-state index is 0.108. The van der Waals surface area contributed by atoms with Crippen molar-refractivity contribution in [3.63, 3.8) is 0 Å². The fourth-order valence-corrected chi connectivity index (χ4v) is 4.20. The van der Waals surface area contributed by atoms with E-state index in [0.29, 0.717) is 18.4 Å². The topological polar surface area (TPSA) is 49.4 Å². The number of amides is 2. The Kier molecular flexibility index (Phi) is 3.53. The van der Waals surface area contributed by atoms with E-state index >= 15 is 0 Å². The monoisotopic (exact) mass is 292 g/mol. The SMILES string of the molecule is CC(C)CN1C(=O)C(C)(C2CC2)NC(=O)C12CCCCC2. The van der Waals surface area contributed by atoms with Crippen molar-refractivity contribution in [2.45, 2.75) is 76.8 Å². The predicted octanol–water partition coefficient (Wildman–Crippen LogP) is 2.47. The minimum Gasteiger partial charge on any atom is -0.340 e. The first-order valence-corrected chi connectivity index (χ1v) is 8.55. The molecule has 0 aromatic rings. The molecule has 118 valence electrons. The van der Waals surface area contributed by atoms with Crippen molar-refractivity contribution in [2.75, 3.05) is 6.54 Å². The van der Waals surface area contributed by atoms with Crippen molar-refractivity contribution in [3.8, 4) is 0 Å². The summed E-state index contributed by atoms with van der Waals surface area (Å²) in [6.07, 6.45) is 7.07. The van der Waals surface area contributed by atoms with Crippen molar-refractivity contribution in [2.24, 2.45) is 11.8 Å². The number of nitrogens with one attached hydrogen (secondary N) is 1. The van der Waals surface area contributed by atoms with Crippen LogP contribution in [-0.2, 0) is 9.59 Å². The molecule has 3 rings (SSSR count). The normalized spacial score (nSPS) is 32.7. The van der Waals surface area contributed by atoms with E-state index in [-0.39, 0.29) is 11.8 Å². The number of rotatable bonds is 3. The number of nitrogens with zero attached hydrogens (tertiary/aromatic N) is 1. The summed E-state index contributed by atoms with van der Waals surface area (Å²) in [5.74, 6) is 1.00. The quantitative estimate of drug-likeness (QED) is 0.868. The van der Waals surface area contributed by atoms with Gasteiger partial charge in [-0.25, -0.2) is 0 Å². The number of carbonyl (C=O) groups excluding carboxylic acids is 2. The van der Waals surface area contributed by atoms with Gasteiger partial charge in [0.05, 0.1) is 0 Å². The lowest BCUT2D eigenvalue weighted by Crippen LogP contribution is -2.76. The molecule has 0 aromatic carbocycles. The van der Waals surface area contributed by atoms with E-state index in [0.717, 1.165) is 38.5 Å². The van der Waals surface area contributed by atoms with Crippen molar-refractivity contribution >= 4 is 11.8 Å². The van der Waals surface area contributed by atoms with Gasteiger partial charge in [0, 0.05) is 6.54 Å². The van der Waals surface area contributed by atoms with Crippen LogP contribution in [0.15, 0.2) is 0 Å². The molecular formula is C17H28N2O2. The molecule has 3 fully saturated rings. The summed E-state index contributed by atoms with van der Waals surface area (Å²) in [4.78, 5) is 28.1. The molecule has 1 unspecified atom stereocenters. The molecule has 1 aliphatic heterocycles. The molecule has 0 radical (unpaired) electrons. The molecule has 2 saturated carbocycles. The highest BCUT2D eigenvalue weighted by Gasteiger charge is 2.60. The van der Waals surface area contributed by atoms with Gasteiger partial charge in [-0.3, -0.25) is 9.59 Å². The molecule has 1 heterocycles. The standard InChI is InChI=1S/C17H28N2O2/c1-12(2)11-19-15(21)16(3,13-7-8-13)18-14(20)17(19)9-5-4-6-10-17/h12-13H,4-11H2,1-3H3,(H,18,20). The van der Waals surface area contributed by atoms with E-state index < -0.39 is 11.1 Å². The van der Waals surface area contributed by atoms with Gasteiger partial charge in [0.25, 0.3) is 0 Å². The van der Waals surface area contributed by atoms with Crippen molar-refractivity contribution in [3.05, 3.63) is 0 Å². The first-order chi connectivity index (χ1) is 9.90. The Hall–Kier alpha value is -1.06. The van der Waals surface area contributed by atoms with E-state index in [4.69, 9.17) is 0 Å². The van der Waals surface area contributed by atoms with Crippen LogP contribution in [-0.4, -0.2) is 34.3 Å². The van der Waals surface area contributed by atoms with Crippen molar-refractivity contribution in [1.29, 1.82) is 0 Å². The van der Waals surface area contributed by atoms with Crippen LogP contribution in [0.2, 0.25) is 0 Å². The third-order valence-electron chi connectivity index (χ3n) is 5.62. The first-order valence-electron chi connectivity index (χ1n) is 8.55. The lowest BCUT2D eigenvalue weighted by molar-refractivity contribution is -0.167. The van der Waals surface area contributed by atoms with E-state index in [2.05, 4.69) is 19.2 Å². The van der Waals surface area contributed by atoms with Gasteiger partial charge in [0.1, 0.15) is 11.1 Å². The van der Waals surface area contributed by atoms with Crippen LogP contribution < -0.4 is 5.32 Å². The van der Waals surface area contributed by atoms with E-state index in [1.54, 1.807) is 0 Å². The van der Waals surface area contributed by atoms with E-state index in [9.17, 15) is 9.59 Å². The molecule has 21 heavy (non-hydrogen) atoms. The van der Waals surface area contributed by atoms with Crippen LogP contribution in [0.25, 0.3) is 0 Å². The summed E-state index contributed by atoms with van der Waals surface area (Å²) in [5.41, 5.74) is -1.22. The molecular weight excluding hydrogens is 264 g/mol. The van der Waals surface area contributed by atoms with Gasteiger partial charge in [-0.2, -0.15) is 0 Å². The summed E-state index contributed by atoms with van der Waals surface area (Å²) in [6.45, 7) is 6.90. The molecule has 3 aliphatic rings. The predicted molar refractivity (Wildman–Crippen MR) is 81.6 cm³/mol. The molecule has 0 aromatic heterocycles. The maximum Gasteiger partial charge on any atom is 0.249 e. The Bertz CT molecular complexity index is 450. The number of carbonyl (C=O) groups is 2. The second-order valence-corrected chi connectivity index (χ2v) is 7.83. The maximum atomic E-state index is 13.2. The van der Waals surface area contributed by atoms with Crippen LogP contribution >= 0.6 is 0 Å². The van der Waals surface area contributed by atoms with Gasteiger partial charge in [-0.15, -0.1) is 0 Å². The smallest absolute Gasteiger partial charge is 0.249 e. The first kappa shape index (κ1) is 14.9. The van der Waals surface area contributed by atoms with Crippen LogP contribution in [0.5, 0.6) is 0 Å². The van der Waals surface area contributed by atoms with Gasteiger partial charge in [-0.1, -0.05) is 33.1 Å². The van der Waals surface area contributed by atoms with Crippen LogP contribution in [0.4, 0.5) is 0 Å². The average Bonchev–Trinajstić information content (AvgIpc) is 3.28. The molecule has 4 heteroatoms. The highest BCUT2D eigenvalue weighted by Crippen LogP contribution is 2.46. The third-order valence-corrected chi connectivity index (χ3v) is 5.62. The van der Waals surface area contributed by atoms with Gasteiger partial charge in [0.2, 0.25) is 11.8 Å². The Morgan fingerprint density at radius 3 is 2.33 bits per heavy atom. The summed E-state index contributed by atoms with van der Waals surface area (Å²) in [6, 6.07) is 0. The van der Waals surface area contributed by atoms with E-state index in [1.165, 1.54) is 6.42 Å². The number of hydrogen-bond donors (Lipinski definition) is 1. The molecule has 0 bridgehead atoms. The summed E-state index contributed by atoms with van der Waals surface area (Å²) < 4.78 is 0. The molecule has 1 N–H and O–H groups in total.